The first kappa shape index (κ1) is 23.3. The minimum absolute atomic E-state index is 0.0468. The molecule has 0 radical (unpaired) electrons. The molecule has 0 amide bonds. The number of allylic oxidation sites excluding steroid dienone is 1. The molecule has 0 bridgehead atoms. The first-order valence-corrected chi connectivity index (χ1v) is 9.44. The van der Waals surface area contributed by atoms with Gasteiger partial charge in [0, 0.05) is 17.8 Å². The predicted molar refractivity (Wildman–Crippen MR) is 115 cm³/mol. The van der Waals surface area contributed by atoms with E-state index in [-0.39, 0.29) is 28.5 Å². The monoisotopic (exact) mass is 411 g/mol. The minimum atomic E-state index is -0.357. The SMILES string of the molecule is C/C=C(CCNc1cc(C(=O)COC(C)(C)C)ccc1C)\C(Cl)=N/C(=N)Cl. The molecule has 0 saturated carbocycles. The Labute approximate surface area is 171 Å². The Morgan fingerprint density at radius 3 is 2.56 bits per heavy atom. The van der Waals surface area contributed by atoms with Gasteiger partial charge in [-0.3, -0.25) is 10.2 Å². The van der Waals surface area contributed by atoms with Crippen molar-refractivity contribution in [3.8, 4) is 0 Å². The van der Waals surface area contributed by atoms with E-state index in [1.807, 2.05) is 58.9 Å². The number of rotatable bonds is 8. The van der Waals surface area contributed by atoms with Crippen molar-refractivity contribution in [1.82, 2.24) is 0 Å². The van der Waals surface area contributed by atoms with Crippen molar-refractivity contribution in [3.05, 3.63) is 41.0 Å². The number of halogens is 2. The molecule has 0 fully saturated rings. The molecule has 0 spiro atoms. The van der Waals surface area contributed by atoms with Gasteiger partial charge in [0.05, 0.1) is 5.60 Å². The molecule has 5 nitrogen and oxygen atoms in total. The van der Waals surface area contributed by atoms with Crippen LogP contribution in [-0.4, -0.2) is 35.0 Å². The number of aliphatic imine (C=N–C) groups is 1. The number of aryl methyl sites for hydroxylation is 1. The zero-order valence-corrected chi connectivity index (χ0v) is 18.0. The molecule has 27 heavy (non-hydrogen) atoms. The summed E-state index contributed by atoms with van der Waals surface area (Å²) in [7, 11) is 0. The van der Waals surface area contributed by atoms with Gasteiger partial charge in [-0.1, -0.05) is 29.8 Å². The molecule has 7 heteroatoms. The highest BCUT2D eigenvalue weighted by Crippen LogP contribution is 2.19. The molecule has 0 saturated heterocycles. The lowest BCUT2D eigenvalue weighted by Crippen LogP contribution is -2.23. The van der Waals surface area contributed by atoms with Gasteiger partial charge in [-0.25, -0.2) is 4.99 Å². The Balaban J connectivity index is 2.75. The van der Waals surface area contributed by atoms with E-state index in [1.165, 1.54) is 0 Å². The van der Waals surface area contributed by atoms with Crippen molar-refractivity contribution >= 4 is 45.1 Å². The molecule has 1 aromatic rings. The number of anilines is 1. The lowest BCUT2D eigenvalue weighted by molar-refractivity contribution is 0.00307. The maximum atomic E-state index is 12.3. The van der Waals surface area contributed by atoms with Gasteiger partial charge in [0.25, 0.3) is 0 Å². The first-order chi connectivity index (χ1) is 12.5. The van der Waals surface area contributed by atoms with Gasteiger partial charge in [0.15, 0.2) is 5.78 Å². The van der Waals surface area contributed by atoms with E-state index >= 15 is 0 Å². The number of carbonyl (C=O) groups is 1. The van der Waals surface area contributed by atoms with Crippen molar-refractivity contribution < 1.29 is 9.53 Å². The molecule has 0 unspecified atom stereocenters. The second-order valence-corrected chi connectivity index (χ2v) is 7.75. The quantitative estimate of drug-likeness (QED) is 0.254. The van der Waals surface area contributed by atoms with E-state index in [2.05, 4.69) is 10.3 Å². The summed E-state index contributed by atoms with van der Waals surface area (Å²) in [4.78, 5) is 16.1. The first-order valence-electron chi connectivity index (χ1n) is 8.69. The normalized spacial score (nSPS) is 12.9. The number of Topliss-reactive ketones (excluding diaryl/α,β-unsaturated/α-hetero) is 1. The van der Waals surface area contributed by atoms with Crippen LogP contribution >= 0.6 is 23.2 Å². The summed E-state index contributed by atoms with van der Waals surface area (Å²) in [5.74, 6) is -0.0575. The zero-order valence-electron chi connectivity index (χ0n) is 16.5. The second-order valence-electron chi connectivity index (χ2n) is 7.04. The number of amidine groups is 1. The molecule has 2 N–H and O–H groups in total. The highest BCUT2D eigenvalue weighted by atomic mass is 35.5. The third-order valence-corrected chi connectivity index (χ3v) is 4.13. The summed E-state index contributed by atoms with van der Waals surface area (Å²) < 4.78 is 5.57. The molecule has 0 aromatic heterocycles. The fourth-order valence-corrected chi connectivity index (χ4v) is 2.62. The topological polar surface area (TPSA) is 74.5 Å². The smallest absolute Gasteiger partial charge is 0.216 e. The zero-order chi connectivity index (χ0) is 20.6. The van der Waals surface area contributed by atoms with Crippen LogP contribution in [-0.2, 0) is 4.74 Å². The van der Waals surface area contributed by atoms with Crippen LogP contribution < -0.4 is 5.32 Å². The van der Waals surface area contributed by atoms with Crippen LogP contribution in [0, 0.1) is 12.3 Å². The van der Waals surface area contributed by atoms with E-state index in [9.17, 15) is 4.79 Å². The van der Waals surface area contributed by atoms with E-state index in [4.69, 9.17) is 33.3 Å². The lowest BCUT2D eigenvalue weighted by Gasteiger charge is -2.19. The number of hydrogen-bond donors (Lipinski definition) is 2. The molecular formula is C20H27Cl2N3O2. The fourth-order valence-electron chi connectivity index (χ4n) is 2.21. The molecule has 1 rings (SSSR count). The molecule has 0 atom stereocenters. The summed E-state index contributed by atoms with van der Waals surface area (Å²) in [6.45, 7) is 10.2. The van der Waals surface area contributed by atoms with Crippen molar-refractivity contribution in [3.63, 3.8) is 0 Å². The highest BCUT2D eigenvalue weighted by molar-refractivity contribution is 6.73. The average molecular weight is 412 g/mol. The summed E-state index contributed by atoms with van der Waals surface area (Å²) in [6.07, 6.45) is 2.44. The van der Waals surface area contributed by atoms with Gasteiger partial charge in [-0.05, 0) is 69.8 Å². The number of hydrogen-bond acceptors (Lipinski definition) is 4. The molecule has 0 heterocycles. The Kier molecular flexibility index (Phi) is 9.16. The average Bonchev–Trinajstić information content (AvgIpc) is 2.56. The number of carbonyl (C=O) groups excluding carboxylic acids is 1. The summed E-state index contributed by atoms with van der Waals surface area (Å²) >= 11 is 11.5. The van der Waals surface area contributed by atoms with Gasteiger partial charge >= 0.3 is 0 Å². The van der Waals surface area contributed by atoms with Gasteiger partial charge in [0.2, 0.25) is 5.29 Å². The number of ether oxygens (including phenoxy) is 1. The van der Waals surface area contributed by atoms with Crippen LogP contribution in [0.5, 0.6) is 0 Å². The van der Waals surface area contributed by atoms with Crippen molar-refractivity contribution in [1.29, 1.82) is 5.41 Å². The molecule has 1 aromatic carbocycles. The van der Waals surface area contributed by atoms with E-state index in [0.717, 1.165) is 16.8 Å². The van der Waals surface area contributed by atoms with E-state index in [1.54, 1.807) is 0 Å². The van der Waals surface area contributed by atoms with Crippen molar-refractivity contribution in [2.24, 2.45) is 4.99 Å². The van der Waals surface area contributed by atoms with Crippen LogP contribution in [0.3, 0.4) is 0 Å². The Morgan fingerprint density at radius 2 is 2.00 bits per heavy atom. The van der Waals surface area contributed by atoms with E-state index < -0.39 is 0 Å². The number of nitrogens with zero attached hydrogens (tertiary/aromatic N) is 1. The van der Waals surface area contributed by atoms with Gasteiger partial charge in [-0.15, -0.1) is 0 Å². The van der Waals surface area contributed by atoms with Crippen LogP contribution in [0.4, 0.5) is 5.69 Å². The molecular weight excluding hydrogens is 385 g/mol. The second kappa shape index (κ2) is 10.6. The third-order valence-electron chi connectivity index (χ3n) is 3.72. The Bertz CT molecular complexity index is 750. The van der Waals surface area contributed by atoms with Gasteiger partial charge in [-0.2, -0.15) is 0 Å². The maximum Gasteiger partial charge on any atom is 0.216 e. The molecule has 0 aliphatic rings. The van der Waals surface area contributed by atoms with Crippen LogP contribution in [0.25, 0.3) is 0 Å². The van der Waals surface area contributed by atoms with Gasteiger partial charge < -0.3 is 10.1 Å². The number of ketones is 1. The molecule has 0 aliphatic carbocycles. The van der Waals surface area contributed by atoms with Crippen LogP contribution in [0.1, 0.15) is 50.0 Å². The standard InChI is InChI=1S/C20H27Cl2N3O2/c1-6-14(18(21)25-19(22)23)9-10-24-16-11-15(8-7-13(16)2)17(26)12-27-20(3,4)5/h6-8,11,23-24H,9-10,12H2,1-5H3/b14-6-,23-19?,25-18+. The molecule has 148 valence electrons. The van der Waals surface area contributed by atoms with Crippen LogP contribution in [0.2, 0.25) is 0 Å². The summed E-state index contributed by atoms with van der Waals surface area (Å²) in [6, 6.07) is 5.55. The summed E-state index contributed by atoms with van der Waals surface area (Å²) in [5, 5.41) is 10.4. The summed E-state index contributed by atoms with van der Waals surface area (Å²) in [5.41, 5.74) is 2.95. The van der Waals surface area contributed by atoms with Gasteiger partial charge in [0.1, 0.15) is 11.8 Å². The Hall–Kier alpha value is -1.69. The minimum Gasteiger partial charge on any atom is -0.384 e. The molecule has 0 aliphatic heterocycles. The Morgan fingerprint density at radius 1 is 1.33 bits per heavy atom. The maximum absolute atomic E-state index is 12.3. The van der Waals surface area contributed by atoms with Crippen molar-refractivity contribution in [2.75, 3.05) is 18.5 Å². The highest BCUT2D eigenvalue weighted by Gasteiger charge is 2.15. The predicted octanol–water partition coefficient (Wildman–Crippen LogP) is 5.55. The number of nitrogens with one attached hydrogen (secondary N) is 2. The number of benzene rings is 1. The lowest BCUT2D eigenvalue weighted by atomic mass is 10.1. The fraction of sp³-hybridized carbons (Fsp3) is 0.450. The van der Waals surface area contributed by atoms with Crippen molar-refractivity contribution in [2.45, 2.75) is 46.6 Å². The van der Waals surface area contributed by atoms with E-state index in [0.29, 0.717) is 18.5 Å². The van der Waals surface area contributed by atoms with Crippen LogP contribution in [0.15, 0.2) is 34.8 Å². The largest absolute Gasteiger partial charge is 0.384 e. The third kappa shape index (κ3) is 8.69.